The number of nitrogens with zero attached hydrogens (tertiary/aromatic N) is 2. The molecule has 0 aliphatic heterocycles. The Bertz CT molecular complexity index is 554. The summed E-state index contributed by atoms with van der Waals surface area (Å²) in [5, 5.41) is 2.71. The van der Waals surface area contributed by atoms with Crippen LogP contribution in [0.4, 0.5) is 5.13 Å². The van der Waals surface area contributed by atoms with E-state index < -0.39 is 0 Å². The summed E-state index contributed by atoms with van der Waals surface area (Å²) >= 11 is 1.49. The van der Waals surface area contributed by atoms with E-state index in [4.69, 9.17) is 4.74 Å². The summed E-state index contributed by atoms with van der Waals surface area (Å²) in [6, 6.07) is 9.96. The minimum atomic E-state index is 0.0658. The third-order valence-electron chi connectivity index (χ3n) is 2.92. The smallest absolute Gasteiger partial charge is 0.228 e. The number of aromatic nitrogens is 1. The molecule has 0 aliphatic rings. The third kappa shape index (κ3) is 3.43. The van der Waals surface area contributed by atoms with Gasteiger partial charge >= 0.3 is 0 Å². The van der Waals surface area contributed by atoms with Crippen LogP contribution in [-0.2, 0) is 9.53 Å². The molecule has 0 atom stereocenters. The van der Waals surface area contributed by atoms with Crippen molar-refractivity contribution in [2.45, 2.75) is 13.3 Å². The normalized spacial score (nSPS) is 10.5. The summed E-state index contributed by atoms with van der Waals surface area (Å²) in [6.45, 7) is 2.89. The molecule has 0 radical (unpaired) electrons. The Morgan fingerprint density at radius 2 is 2.10 bits per heavy atom. The van der Waals surface area contributed by atoms with Gasteiger partial charge in [-0.2, -0.15) is 0 Å². The van der Waals surface area contributed by atoms with Crippen molar-refractivity contribution < 1.29 is 9.53 Å². The number of hydrogen-bond acceptors (Lipinski definition) is 4. The molecule has 2 rings (SSSR count). The molecule has 106 valence electrons. The van der Waals surface area contributed by atoms with Crippen molar-refractivity contribution in [3.63, 3.8) is 0 Å². The van der Waals surface area contributed by atoms with E-state index in [0.717, 1.165) is 16.4 Å². The first-order valence-electron chi connectivity index (χ1n) is 6.56. The van der Waals surface area contributed by atoms with Crippen LogP contribution >= 0.6 is 11.3 Å². The van der Waals surface area contributed by atoms with Crippen molar-refractivity contribution in [2.24, 2.45) is 0 Å². The van der Waals surface area contributed by atoms with E-state index in [9.17, 15) is 4.79 Å². The second kappa shape index (κ2) is 7.17. The van der Waals surface area contributed by atoms with Crippen LogP contribution < -0.4 is 4.90 Å². The van der Waals surface area contributed by atoms with Gasteiger partial charge in [-0.3, -0.25) is 9.69 Å². The highest BCUT2D eigenvalue weighted by molar-refractivity contribution is 7.14. The summed E-state index contributed by atoms with van der Waals surface area (Å²) in [5.41, 5.74) is 1.96. The van der Waals surface area contributed by atoms with Crippen molar-refractivity contribution >= 4 is 22.4 Å². The first kappa shape index (κ1) is 14.7. The molecule has 0 bridgehead atoms. The second-order valence-corrected chi connectivity index (χ2v) is 5.11. The van der Waals surface area contributed by atoms with Gasteiger partial charge < -0.3 is 4.74 Å². The van der Waals surface area contributed by atoms with Crippen molar-refractivity contribution in [1.29, 1.82) is 0 Å². The van der Waals surface area contributed by atoms with Crippen LogP contribution in [0.25, 0.3) is 11.3 Å². The number of benzene rings is 1. The highest BCUT2D eigenvalue weighted by Gasteiger charge is 2.17. The SMILES string of the molecule is CCC(=O)N(CCOC)c1nc(-c2ccccc2)cs1. The van der Waals surface area contributed by atoms with Crippen LogP contribution in [0.3, 0.4) is 0 Å². The molecule has 0 N–H and O–H groups in total. The van der Waals surface area contributed by atoms with Crippen molar-refractivity contribution in [2.75, 3.05) is 25.2 Å². The summed E-state index contributed by atoms with van der Waals surface area (Å²) in [4.78, 5) is 18.3. The monoisotopic (exact) mass is 290 g/mol. The van der Waals surface area contributed by atoms with Gasteiger partial charge in [-0.05, 0) is 0 Å². The van der Waals surface area contributed by atoms with Crippen molar-refractivity contribution in [3.8, 4) is 11.3 Å². The van der Waals surface area contributed by atoms with Gasteiger partial charge in [-0.15, -0.1) is 11.3 Å². The van der Waals surface area contributed by atoms with Gasteiger partial charge in [-0.1, -0.05) is 37.3 Å². The molecule has 4 nitrogen and oxygen atoms in total. The van der Waals surface area contributed by atoms with Crippen molar-refractivity contribution in [3.05, 3.63) is 35.7 Å². The van der Waals surface area contributed by atoms with E-state index in [-0.39, 0.29) is 5.91 Å². The zero-order chi connectivity index (χ0) is 14.4. The predicted molar refractivity (Wildman–Crippen MR) is 82.1 cm³/mol. The van der Waals surface area contributed by atoms with E-state index in [1.54, 1.807) is 12.0 Å². The molecular formula is C15H18N2O2S. The fourth-order valence-electron chi connectivity index (χ4n) is 1.83. The summed E-state index contributed by atoms with van der Waals surface area (Å²) in [7, 11) is 1.63. The molecule has 0 saturated heterocycles. The number of thiazole rings is 1. The molecule has 1 amide bonds. The van der Waals surface area contributed by atoms with Crippen molar-refractivity contribution in [1.82, 2.24) is 4.98 Å². The van der Waals surface area contributed by atoms with E-state index in [2.05, 4.69) is 4.98 Å². The zero-order valence-electron chi connectivity index (χ0n) is 11.7. The fourth-order valence-corrected chi connectivity index (χ4v) is 2.71. The average Bonchev–Trinajstić information content (AvgIpc) is 2.98. The van der Waals surface area contributed by atoms with Gasteiger partial charge in [0.15, 0.2) is 5.13 Å². The van der Waals surface area contributed by atoms with Crippen LogP contribution in [0.2, 0.25) is 0 Å². The molecule has 2 aromatic rings. The van der Waals surface area contributed by atoms with Gasteiger partial charge in [0.2, 0.25) is 5.91 Å². The van der Waals surface area contributed by atoms with Gasteiger partial charge in [0.1, 0.15) is 0 Å². The Kier molecular flexibility index (Phi) is 5.26. The van der Waals surface area contributed by atoms with E-state index in [1.807, 2.05) is 42.6 Å². The maximum atomic E-state index is 12.0. The summed E-state index contributed by atoms with van der Waals surface area (Å²) < 4.78 is 5.06. The largest absolute Gasteiger partial charge is 0.383 e. The lowest BCUT2D eigenvalue weighted by molar-refractivity contribution is -0.118. The molecule has 0 aliphatic carbocycles. The number of ether oxygens (including phenoxy) is 1. The molecule has 20 heavy (non-hydrogen) atoms. The van der Waals surface area contributed by atoms with Crippen LogP contribution in [0.5, 0.6) is 0 Å². The van der Waals surface area contributed by atoms with Gasteiger partial charge in [0, 0.05) is 24.5 Å². The quantitative estimate of drug-likeness (QED) is 0.820. The number of carbonyl (C=O) groups excluding carboxylic acids is 1. The maximum absolute atomic E-state index is 12.0. The Hall–Kier alpha value is -1.72. The number of hydrogen-bond donors (Lipinski definition) is 0. The Morgan fingerprint density at radius 3 is 2.75 bits per heavy atom. The maximum Gasteiger partial charge on any atom is 0.228 e. The van der Waals surface area contributed by atoms with Gasteiger partial charge in [0.25, 0.3) is 0 Å². The number of rotatable bonds is 6. The molecule has 1 heterocycles. The number of amides is 1. The van der Waals surface area contributed by atoms with Gasteiger partial charge in [0.05, 0.1) is 18.8 Å². The molecule has 0 saturated carbocycles. The predicted octanol–water partition coefficient (Wildman–Crippen LogP) is 3.20. The lowest BCUT2D eigenvalue weighted by atomic mass is 10.2. The third-order valence-corrected chi connectivity index (χ3v) is 3.78. The van der Waals surface area contributed by atoms with Gasteiger partial charge in [-0.25, -0.2) is 4.98 Å². The molecule has 0 spiro atoms. The average molecular weight is 290 g/mol. The summed E-state index contributed by atoms with van der Waals surface area (Å²) in [6.07, 6.45) is 0.462. The zero-order valence-corrected chi connectivity index (χ0v) is 12.5. The first-order valence-corrected chi connectivity index (χ1v) is 7.44. The van der Waals surface area contributed by atoms with E-state index in [0.29, 0.717) is 19.6 Å². The molecule has 1 aromatic carbocycles. The molecule has 1 aromatic heterocycles. The number of carbonyl (C=O) groups is 1. The van der Waals surface area contributed by atoms with Crippen LogP contribution in [-0.4, -0.2) is 31.2 Å². The van der Waals surface area contributed by atoms with Crippen LogP contribution in [0.1, 0.15) is 13.3 Å². The highest BCUT2D eigenvalue weighted by Crippen LogP contribution is 2.27. The summed E-state index contributed by atoms with van der Waals surface area (Å²) in [5.74, 6) is 0.0658. The molecule has 0 fully saturated rings. The fraction of sp³-hybridized carbons (Fsp3) is 0.333. The van der Waals surface area contributed by atoms with E-state index in [1.165, 1.54) is 11.3 Å². The second-order valence-electron chi connectivity index (χ2n) is 4.27. The van der Waals surface area contributed by atoms with Crippen LogP contribution in [0, 0.1) is 0 Å². The Balaban J connectivity index is 2.22. The Labute approximate surface area is 123 Å². The minimum absolute atomic E-state index is 0.0658. The molecule has 0 unspecified atom stereocenters. The topological polar surface area (TPSA) is 42.4 Å². The minimum Gasteiger partial charge on any atom is -0.383 e. The molecular weight excluding hydrogens is 272 g/mol. The Morgan fingerprint density at radius 1 is 1.35 bits per heavy atom. The molecule has 5 heteroatoms. The lowest BCUT2D eigenvalue weighted by Crippen LogP contribution is -2.33. The number of anilines is 1. The standard InChI is InChI=1S/C15H18N2O2S/c1-3-14(18)17(9-10-19-2)15-16-13(11-20-15)12-7-5-4-6-8-12/h4-8,11H,3,9-10H2,1-2H3. The van der Waals surface area contributed by atoms with Crippen LogP contribution in [0.15, 0.2) is 35.7 Å². The first-order chi connectivity index (χ1) is 9.76. The highest BCUT2D eigenvalue weighted by atomic mass is 32.1. The number of methoxy groups -OCH3 is 1. The lowest BCUT2D eigenvalue weighted by Gasteiger charge is -2.18. The van der Waals surface area contributed by atoms with E-state index >= 15 is 0 Å².